The molecule has 3 saturated carbocycles. The Balaban J connectivity index is 1.62. The quantitative estimate of drug-likeness (QED) is 0.763. The lowest BCUT2D eigenvalue weighted by atomic mass is 9.30. The molecular weight excluding hydrogens is 318 g/mol. The van der Waals surface area contributed by atoms with Crippen molar-refractivity contribution >= 4 is 11.6 Å². The lowest BCUT2D eigenvalue weighted by Gasteiger charge is -2.75. The summed E-state index contributed by atoms with van der Waals surface area (Å²) in [5.74, 6) is 1.46. The highest BCUT2D eigenvalue weighted by Crippen LogP contribution is 2.75. The Morgan fingerprint density at radius 1 is 1.17 bits per heavy atom. The number of rotatable bonds is 4. The van der Waals surface area contributed by atoms with Gasteiger partial charge in [0.05, 0.1) is 11.5 Å². The van der Waals surface area contributed by atoms with Crippen LogP contribution in [0.2, 0.25) is 5.02 Å². The molecule has 0 spiro atoms. The van der Waals surface area contributed by atoms with Gasteiger partial charge in [-0.05, 0) is 23.8 Å². The van der Waals surface area contributed by atoms with Crippen molar-refractivity contribution in [3.05, 3.63) is 64.7 Å². The molecule has 2 unspecified atom stereocenters. The molecule has 3 aliphatic carbocycles. The van der Waals surface area contributed by atoms with E-state index in [1.807, 2.05) is 36.4 Å². The van der Waals surface area contributed by atoms with Crippen molar-refractivity contribution in [2.45, 2.75) is 32.3 Å². The van der Waals surface area contributed by atoms with Gasteiger partial charge in [-0.3, -0.25) is 0 Å². The molecule has 0 amide bonds. The Morgan fingerprint density at radius 3 is 2.50 bits per heavy atom. The zero-order valence-electron chi connectivity index (χ0n) is 13.9. The summed E-state index contributed by atoms with van der Waals surface area (Å²) in [7, 11) is 0. The summed E-state index contributed by atoms with van der Waals surface area (Å²) < 4.78 is 6.50. The second-order valence-electron chi connectivity index (χ2n) is 7.24. The van der Waals surface area contributed by atoms with Crippen molar-refractivity contribution in [1.29, 1.82) is 5.26 Å². The van der Waals surface area contributed by atoms with Gasteiger partial charge in [-0.15, -0.1) is 0 Å². The summed E-state index contributed by atoms with van der Waals surface area (Å²) in [6.45, 7) is 4.28. The maximum atomic E-state index is 9.47. The van der Waals surface area contributed by atoms with Crippen LogP contribution in [0.5, 0.6) is 5.75 Å². The topological polar surface area (TPSA) is 33.0 Å². The van der Waals surface area contributed by atoms with E-state index in [0.717, 1.165) is 29.2 Å². The van der Waals surface area contributed by atoms with Gasteiger partial charge >= 0.3 is 0 Å². The highest BCUT2D eigenvalue weighted by molar-refractivity contribution is 6.30. The zero-order chi connectivity index (χ0) is 16.9. The SMILES string of the molecule is CC1C2(C#N)CC1(Oc1ccc(Cl)cc1Cc1ccccc1)C2C. The molecule has 0 radical (unpaired) electrons. The first kappa shape index (κ1) is 15.5. The van der Waals surface area contributed by atoms with Gasteiger partial charge < -0.3 is 4.74 Å². The van der Waals surface area contributed by atoms with Crippen LogP contribution in [0, 0.1) is 28.6 Å². The number of hydrogen-bond acceptors (Lipinski definition) is 2. The van der Waals surface area contributed by atoms with Crippen LogP contribution >= 0.6 is 11.6 Å². The van der Waals surface area contributed by atoms with Crippen LogP contribution in [-0.2, 0) is 6.42 Å². The minimum atomic E-state index is -0.186. The maximum Gasteiger partial charge on any atom is 0.123 e. The first-order valence-electron chi connectivity index (χ1n) is 8.44. The average molecular weight is 338 g/mol. The van der Waals surface area contributed by atoms with Gasteiger partial charge in [0.1, 0.15) is 11.4 Å². The lowest BCUT2D eigenvalue weighted by molar-refractivity contribution is -0.322. The molecule has 0 aromatic heterocycles. The predicted molar refractivity (Wildman–Crippen MR) is 95.1 cm³/mol. The highest BCUT2D eigenvalue weighted by atomic mass is 35.5. The molecular formula is C21H20ClNO. The Morgan fingerprint density at radius 2 is 1.88 bits per heavy atom. The van der Waals surface area contributed by atoms with Gasteiger partial charge in [0, 0.05) is 35.3 Å². The van der Waals surface area contributed by atoms with Crippen molar-refractivity contribution in [3.8, 4) is 11.8 Å². The summed E-state index contributed by atoms with van der Waals surface area (Å²) in [5.41, 5.74) is 1.97. The third-order valence-corrected chi connectivity index (χ3v) is 6.58. The lowest BCUT2D eigenvalue weighted by Crippen LogP contribution is -2.82. The molecule has 2 aromatic rings. The molecule has 5 rings (SSSR count). The van der Waals surface area contributed by atoms with E-state index in [2.05, 4.69) is 32.0 Å². The monoisotopic (exact) mass is 337 g/mol. The number of halogens is 1. The molecule has 0 N–H and O–H groups in total. The molecule has 0 saturated heterocycles. The highest BCUT2D eigenvalue weighted by Gasteiger charge is 2.82. The molecule has 2 nitrogen and oxygen atoms in total. The third kappa shape index (κ3) is 1.95. The normalized spacial score (nSPS) is 33.1. The summed E-state index contributed by atoms with van der Waals surface area (Å²) in [6, 6.07) is 18.7. The van der Waals surface area contributed by atoms with Crippen molar-refractivity contribution in [3.63, 3.8) is 0 Å². The van der Waals surface area contributed by atoms with E-state index in [-0.39, 0.29) is 22.9 Å². The summed E-state index contributed by atoms with van der Waals surface area (Å²) in [6.07, 6.45) is 1.63. The van der Waals surface area contributed by atoms with Gasteiger partial charge in [0.2, 0.25) is 0 Å². The van der Waals surface area contributed by atoms with Crippen LogP contribution in [0.15, 0.2) is 48.5 Å². The van der Waals surface area contributed by atoms with Crippen molar-refractivity contribution in [2.75, 3.05) is 0 Å². The maximum absolute atomic E-state index is 9.47. The molecule has 3 aliphatic rings. The van der Waals surface area contributed by atoms with Crippen LogP contribution in [-0.4, -0.2) is 5.60 Å². The minimum absolute atomic E-state index is 0.175. The number of hydrogen-bond donors (Lipinski definition) is 0. The van der Waals surface area contributed by atoms with E-state index >= 15 is 0 Å². The molecule has 2 atom stereocenters. The van der Waals surface area contributed by atoms with Crippen LogP contribution in [0.25, 0.3) is 0 Å². The number of nitriles is 1. The second-order valence-corrected chi connectivity index (χ2v) is 7.68. The molecule has 0 heterocycles. The van der Waals surface area contributed by atoms with E-state index in [9.17, 15) is 5.26 Å². The third-order valence-electron chi connectivity index (χ3n) is 6.35. The molecule has 122 valence electrons. The standard InChI is InChI=1S/C21H20ClNO/c1-14-20(13-23)12-21(14,15(20)2)24-19-9-8-18(22)11-17(19)10-16-6-4-3-5-7-16/h3-9,11,14-15H,10,12H2,1-2H3. The smallest absolute Gasteiger partial charge is 0.123 e. The van der Waals surface area contributed by atoms with Crippen LogP contribution in [0.3, 0.4) is 0 Å². The van der Waals surface area contributed by atoms with Gasteiger partial charge in [-0.25, -0.2) is 0 Å². The molecule has 3 fully saturated rings. The fourth-order valence-corrected chi connectivity index (χ4v) is 4.78. The number of benzene rings is 2. The molecule has 2 aromatic carbocycles. The molecule has 0 aliphatic heterocycles. The predicted octanol–water partition coefficient (Wildman–Crippen LogP) is 5.25. The summed E-state index contributed by atoms with van der Waals surface area (Å²) in [5, 5.41) is 10.2. The van der Waals surface area contributed by atoms with E-state index in [1.54, 1.807) is 0 Å². The van der Waals surface area contributed by atoms with Crippen molar-refractivity contribution in [2.24, 2.45) is 17.3 Å². The van der Waals surface area contributed by atoms with Gasteiger partial charge in [-0.2, -0.15) is 5.26 Å². The summed E-state index contributed by atoms with van der Waals surface area (Å²) in [4.78, 5) is 0. The van der Waals surface area contributed by atoms with E-state index < -0.39 is 0 Å². The van der Waals surface area contributed by atoms with Crippen molar-refractivity contribution in [1.82, 2.24) is 0 Å². The molecule has 3 heteroatoms. The first-order chi connectivity index (χ1) is 11.5. The minimum Gasteiger partial charge on any atom is -0.486 e. The van der Waals surface area contributed by atoms with Crippen LogP contribution in [0.4, 0.5) is 0 Å². The molecule has 24 heavy (non-hydrogen) atoms. The Hall–Kier alpha value is -1.98. The zero-order valence-corrected chi connectivity index (χ0v) is 14.7. The Labute approximate surface area is 148 Å². The van der Waals surface area contributed by atoms with Crippen LogP contribution < -0.4 is 4.74 Å². The van der Waals surface area contributed by atoms with Gasteiger partial charge in [-0.1, -0.05) is 55.8 Å². The summed E-state index contributed by atoms with van der Waals surface area (Å²) >= 11 is 6.22. The average Bonchev–Trinajstić information content (AvgIpc) is 2.60. The van der Waals surface area contributed by atoms with Gasteiger partial charge in [0.15, 0.2) is 0 Å². The fraction of sp³-hybridized carbons (Fsp3) is 0.381. The largest absolute Gasteiger partial charge is 0.486 e. The Bertz CT molecular complexity index is 813. The van der Waals surface area contributed by atoms with Gasteiger partial charge in [0.25, 0.3) is 0 Å². The van der Waals surface area contributed by atoms with Crippen molar-refractivity contribution < 1.29 is 4.74 Å². The first-order valence-corrected chi connectivity index (χ1v) is 8.82. The number of ether oxygens (including phenoxy) is 1. The van der Waals surface area contributed by atoms with E-state index in [0.29, 0.717) is 0 Å². The molecule has 2 bridgehead atoms. The Kier molecular flexibility index (Phi) is 3.41. The van der Waals surface area contributed by atoms with Crippen LogP contribution in [0.1, 0.15) is 31.4 Å². The van der Waals surface area contributed by atoms with E-state index in [1.165, 1.54) is 5.56 Å². The fourth-order valence-electron chi connectivity index (χ4n) is 4.59. The van der Waals surface area contributed by atoms with E-state index in [4.69, 9.17) is 16.3 Å². The number of nitrogens with zero attached hydrogens (tertiary/aromatic N) is 1. The second kappa shape index (κ2) is 5.26.